The Bertz CT molecular complexity index is 595. The van der Waals surface area contributed by atoms with E-state index in [1.165, 1.54) is 11.1 Å². The molecule has 0 saturated carbocycles. The highest BCUT2D eigenvalue weighted by atomic mass is 16.5. The molecule has 0 spiro atoms. The van der Waals surface area contributed by atoms with Gasteiger partial charge in [0, 0.05) is 39.1 Å². The first kappa shape index (κ1) is 18.2. The van der Waals surface area contributed by atoms with E-state index in [0.717, 1.165) is 51.2 Å². The summed E-state index contributed by atoms with van der Waals surface area (Å²) in [5.74, 6) is 1.50. The molecule has 3 rings (SSSR count). The normalized spacial score (nSPS) is 22.4. The third kappa shape index (κ3) is 4.53. The molecule has 1 aliphatic heterocycles. The lowest BCUT2D eigenvalue weighted by molar-refractivity contribution is -0.133. The Balaban J connectivity index is 1.58. The van der Waals surface area contributed by atoms with Crippen molar-refractivity contribution < 1.29 is 14.6 Å². The Labute approximate surface area is 150 Å². The predicted octanol–water partition coefficient (Wildman–Crippen LogP) is 2.03. The van der Waals surface area contributed by atoms with E-state index >= 15 is 0 Å². The smallest absolute Gasteiger partial charge is 0.223 e. The van der Waals surface area contributed by atoms with Crippen molar-refractivity contribution in [1.82, 2.24) is 9.80 Å². The summed E-state index contributed by atoms with van der Waals surface area (Å²) >= 11 is 0. The van der Waals surface area contributed by atoms with Crippen LogP contribution in [0.2, 0.25) is 0 Å². The van der Waals surface area contributed by atoms with Gasteiger partial charge >= 0.3 is 0 Å². The number of aliphatic hydroxyl groups is 1. The highest BCUT2D eigenvalue weighted by Gasteiger charge is 2.27. The summed E-state index contributed by atoms with van der Waals surface area (Å²) in [6.45, 7) is 5.76. The van der Waals surface area contributed by atoms with E-state index in [1.807, 2.05) is 17.9 Å². The second-order valence-corrected chi connectivity index (χ2v) is 7.39. The fourth-order valence-electron chi connectivity index (χ4n) is 4.12. The second kappa shape index (κ2) is 8.19. The van der Waals surface area contributed by atoms with Crippen molar-refractivity contribution in [2.75, 3.05) is 39.8 Å². The molecule has 138 valence electrons. The van der Waals surface area contributed by atoms with Gasteiger partial charge in [0.15, 0.2) is 0 Å². The molecular formula is C20H30N2O3. The van der Waals surface area contributed by atoms with Crippen molar-refractivity contribution in [1.29, 1.82) is 0 Å². The van der Waals surface area contributed by atoms with E-state index in [4.69, 9.17) is 4.74 Å². The van der Waals surface area contributed by atoms with Gasteiger partial charge in [0.2, 0.25) is 5.91 Å². The molecular weight excluding hydrogens is 316 g/mol. The van der Waals surface area contributed by atoms with E-state index in [-0.39, 0.29) is 12.0 Å². The molecule has 1 fully saturated rings. The Morgan fingerprint density at radius 2 is 2.08 bits per heavy atom. The van der Waals surface area contributed by atoms with Crippen LogP contribution >= 0.6 is 0 Å². The van der Waals surface area contributed by atoms with E-state index in [0.29, 0.717) is 18.9 Å². The molecule has 25 heavy (non-hydrogen) atoms. The zero-order chi connectivity index (χ0) is 17.8. The zero-order valence-electron chi connectivity index (χ0n) is 15.4. The van der Waals surface area contributed by atoms with Crippen LogP contribution in [-0.2, 0) is 11.2 Å². The highest BCUT2D eigenvalue weighted by Crippen LogP contribution is 2.36. The summed E-state index contributed by atoms with van der Waals surface area (Å²) in [6.07, 6.45) is 3.61. The Morgan fingerprint density at radius 3 is 2.76 bits per heavy atom. The maximum absolute atomic E-state index is 12.8. The molecule has 1 aromatic carbocycles. The fourth-order valence-corrected chi connectivity index (χ4v) is 4.12. The Kier molecular flexibility index (Phi) is 5.97. The van der Waals surface area contributed by atoms with Gasteiger partial charge in [-0.25, -0.2) is 0 Å². The molecule has 1 aliphatic carbocycles. The van der Waals surface area contributed by atoms with Crippen LogP contribution in [-0.4, -0.2) is 66.8 Å². The lowest BCUT2D eigenvalue weighted by Crippen LogP contribution is -2.50. The van der Waals surface area contributed by atoms with E-state index in [2.05, 4.69) is 17.0 Å². The number of hydrogen-bond donors (Lipinski definition) is 1. The zero-order valence-corrected chi connectivity index (χ0v) is 15.4. The van der Waals surface area contributed by atoms with Crippen LogP contribution in [0.4, 0.5) is 0 Å². The number of methoxy groups -OCH3 is 1. The van der Waals surface area contributed by atoms with Crippen molar-refractivity contribution in [3.05, 3.63) is 29.3 Å². The summed E-state index contributed by atoms with van der Waals surface area (Å²) in [7, 11) is 1.70. The molecule has 0 radical (unpaired) electrons. The monoisotopic (exact) mass is 346 g/mol. The number of rotatable bonds is 5. The molecule has 1 amide bonds. The van der Waals surface area contributed by atoms with Crippen molar-refractivity contribution in [2.45, 2.75) is 44.6 Å². The van der Waals surface area contributed by atoms with E-state index in [1.54, 1.807) is 7.11 Å². The number of piperazine rings is 1. The lowest BCUT2D eigenvalue weighted by Gasteiger charge is -2.36. The summed E-state index contributed by atoms with van der Waals surface area (Å²) in [6, 6.07) is 6.28. The maximum Gasteiger partial charge on any atom is 0.223 e. The molecule has 0 unspecified atom stereocenters. The number of aliphatic hydroxyl groups excluding tert-OH is 1. The average Bonchev–Trinajstić information content (AvgIpc) is 2.61. The molecule has 1 N–H and O–H groups in total. The Morgan fingerprint density at radius 1 is 1.32 bits per heavy atom. The molecule has 1 aromatic rings. The van der Waals surface area contributed by atoms with E-state index < -0.39 is 0 Å². The molecule has 2 aliphatic rings. The van der Waals surface area contributed by atoms with Crippen molar-refractivity contribution in [3.8, 4) is 5.75 Å². The van der Waals surface area contributed by atoms with Crippen molar-refractivity contribution in [2.24, 2.45) is 0 Å². The van der Waals surface area contributed by atoms with Gasteiger partial charge in [-0.1, -0.05) is 6.07 Å². The average molecular weight is 346 g/mol. The number of benzene rings is 1. The summed E-state index contributed by atoms with van der Waals surface area (Å²) < 4.78 is 5.33. The van der Waals surface area contributed by atoms with Crippen molar-refractivity contribution >= 4 is 5.91 Å². The van der Waals surface area contributed by atoms with Gasteiger partial charge in [0.05, 0.1) is 13.2 Å². The van der Waals surface area contributed by atoms with Gasteiger partial charge < -0.3 is 14.7 Å². The quantitative estimate of drug-likeness (QED) is 0.886. The number of nitrogens with zero attached hydrogens (tertiary/aromatic N) is 2. The lowest BCUT2D eigenvalue weighted by atomic mass is 9.80. The molecule has 5 nitrogen and oxygen atoms in total. The molecule has 1 saturated heterocycles. The summed E-state index contributed by atoms with van der Waals surface area (Å²) in [4.78, 5) is 17.0. The van der Waals surface area contributed by atoms with Crippen LogP contribution in [0.25, 0.3) is 0 Å². The topological polar surface area (TPSA) is 53.0 Å². The minimum Gasteiger partial charge on any atom is -0.497 e. The minimum atomic E-state index is -0.307. The molecule has 5 heteroatoms. The minimum absolute atomic E-state index is 0.269. The van der Waals surface area contributed by atoms with Crippen LogP contribution in [0, 0.1) is 0 Å². The van der Waals surface area contributed by atoms with Crippen LogP contribution in [0.1, 0.15) is 43.2 Å². The SMILES string of the molecule is COc1ccc2c(c1)CCC[C@@H]2CC(=O)N1CCN(C[C@@H](C)O)CC1. The van der Waals surface area contributed by atoms with Crippen molar-refractivity contribution in [3.63, 3.8) is 0 Å². The number of carbonyl (C=O) groups excluding carboxylic acids is 1. The van der Waals surface area contributed by atoms with Gasteiger partial charge in [-0.2, -0.15) is 0 Å². The molecule has 1 heterocycles. The van der Waals surface area contributed by atoms with Gasteiger partial charge in [-0.05, 0) is 55.4 Å². The number of ether oxygens (including phenoxy) is 1. The molecule has 0 bridgehead atoms. The van der Waals surface area contributed by atoms with Crippen LogP contribution in [0.3, 0.4) is 0 Å². The summed E-state index contributed by atoms with van der Waals surface area (Å²) in [5, 5.41) is 9.50. The number of hydrogen-bond acceptors (Lipinski definition) is 4. The maximum atomic E-state index is 12.8. The Hall–Kier alpha value is -1.59. The molecule has 0 aromatic heterocycles. The standard InChI is InChI=1S/C20H30N2O3/c1-15(23)14-21-8-10-22(11-9-21)20(24)13-17-5-3-4-16-12-18(25-2)6-7-19(16)17/h6-7,12,15,17,23H,3-5,8-11,13-14H2,1-2H3/t15-,17-/m1/s1. The fraction of sp³-hybridized carbons (Fsp3) is 0.650. The number of amides is 1. The number of aryl methyl sites for hydroxylation is 1. The largest absolute Gasteiger partial charge is 0.497 e. The van der Waals surface area contributed by atoms with Gasteiger partial charge in [0.25, 0.3) is 0 Å². The summed E-state index contributed by atoms with van der Waals surface area (Å²) in [5.41, 5.74) is 2.67. The first-order valence-corrected chi connectivity index (χ1v) is 9.42. The van der Waals surface area contributed by atoms with Gasteiger partial charge in [-0.15, -0.1) is 0 Å². The number of carbonyl (C=O) groups is 1. The van der Waals surface area contributed by atoms with Gasteiger partial charge in [-0.3, -0.25) is 9.69 Å². The first-order chi connectivity index (χ1) is 12.1. The predicted molar refractivity (Wildman–Crippen MR) is 98.0 cm³/mol. The first-order valence-electron chi connectivity index (χ1n) is 9.42. The van der Waals surface area contributed by atoms with Crippen LogP contribution in [0.5, 0.6) is 5.75 Å². The highest BCUT2D eigenvalue weighted by molar-refractivity contribution is 5.77. The van der Waals surface area contributed by atoms with Gasteiger partial charge in [0.1, 0.15) is 5.75 Å². The molecule has 2 atom stereocenters. The second-order valence-electron chi connectivity index (χ2n) is 7.39. The number of fused-ring (bicyclic) bond motifs is 1. The third-order valence-corrected chi connectivity index (χ3v) is 5.46. The van der Waals surface area contributed by atoms with Crippen LogP contribution < -0.4 is 4.74 Å². The van der Waals surface area contributed by atoms with E-state index in [9.17, 15) is 9.90 Å². The third-order valence-electron chi connectivity index (χ3n) is 5.46. The van der Waals surface area contributed by atoms with Crippen LogP contribution in [0.15, 0.2) is 18.2 Å². The number of β-amino-alcohol motifs (C(OH)–C–C–N with tert-alkyl or cyclic N) is 1.